The lowest BCUT2D eigenvalue weighted by Crippen LogP contribution is -2.36. The summed E-state index contributed by atoms with van der Waals surface area (Å²) in [5.74, 6) is 0. The van der Waals surface area contributed by atoms with Crippen molar-refractivity contribution in [2.75, 3.05) is 18.0 Å². The second-order valence-electron chi connectivity index (χ2n) is 5.30. The quantitative estimate of drug-likeness (QED) is 0.757. The molecule has 3 rings (SSSR count). The first-order chi connectivity index (χ1) is 8.22. The molecule has 0 radical (unpaired) electrons. The third kappa shape index (κ3) is 2.00. The van der Waals surface area contributed by atoms with Gasteiger partial charge in [0.15, 0.2) is 0 Å². The largest absolute Gasteiger partial charge is 0.371 e. The number of piperidine rings is 1. The maximum Gasteiger partial charge on any atom is 0.101 e. The average molecular weight is 247 g/mol. The first-order valence-corrected chi connectivity index (χ1v) is 6.55. The summed E-state index contributed by atoms with van der Waals surface area (Å²) in [4.78, 5) is 2.42. The summed E-state index contributed by atoms with van der Waals surface area (Å²) >= 11 is 6.09. The maximum absolute atomic E-state index is 8.86. The molecule has 1 saturated heterocycles. The Hall–Kier alpha value is -1.20. The summed E-state index contributed by atoms with van der Waals surface area (Å²) in [6.07, 6.45) is 5.42. The summed E-state index contributed by atoms with van der Waals surface area (Å²) in [6.45, 7) is 2.28. The van der Waals surface area contributed by atoms with Gasteiger partial charge in [-0.25, -0.2) is 0 Å². The molecule has 0 aromatic heterocycles. The van der Waals surface area contributed by atoms with Gasteiger partial charge in [0.1, 0.15) is 6.07 Å². The molecule has 1 heterocycles. The van der Waals surface area contributed by atoms with Crippen LogP contribution in [-0.4, -0.2) is 13.1 Å². The van der Waals surface area contributed by atoms with Crippen molar-refractivity contribution in [2.24, 2.45) is 5.41 Å². The molecule has 1 aromatic rings. The minimum Gasteiger partial charge on any atom is -0.371 e. The van der Waals surface area contributed by atoms with Gasteiger partial charge in [0.2, 0.25) is 0 Å². The molecule has 1 aliphatic heterocycles. The van der Waals surface area contributed by atoms with E-state index in [1.165, 1.54) is 31.4 Å². The van der Waals surface area contributed by atoms with E-state index in [2.05, 4.69) is 11.0 Å². The van der Waals surface area contributed by atoms with Crippen LogP contribution >= 0.6 is 11.6 Å². The highest BCUT2D eigenvalue weighted by molar-refractivity contribution is 6.32. The van der Waals surface area contributed by atoms with E-state index < -0.39 is 0 Å². The second-order valence-corrected chi connectivity index (χ2v) is 5.71. The van der Waals surface area contributed by atoms with E-state index in [4.69, 9.17) is 16.9 Å². The average Bonchev–Trinajstić information content (AvgIpc) is 3.08. The molecule has 1 aromatic carbocycles. The predicted molar refractivity (Wildman–Crippen MR) is 69.3 cm³/mol. The molecule has 88 valence electrons. The highest BCUT2D eigenvalue weighted by Crippen LogP contribution is 2.52. The summed E-state index contributed by atoms with van der Waals surface area (Å²) in [5, 5.41) is 9.43. The summed E-state index contributed by atoms with van der Waals surface area (Å²) in [5.41, 5.74) is 2.34. The van der Waals surface area contributed by atoms with Crippen molar-refractivity contribution >= 4 is 17.3 Å². The molecule has 0 bridgehead atoms. The van der Waals surface area contributed by atoms with Crippen LogP contribution in [0.1, 0.15) is 31.2 Å². The molecule has 0 atom stereocenters. The summed E-state index contributed by atoms with van der Waals surface area (Å²) < 4.78 is 0. The third-order valence-corrected chi connectivity index (χ3v) is 4.37. The number of benzene rings is 1. The highest BCUT2D eigenvalue weighted by atomic mass is 35.5. The van der Waals surface area contributed by atoms with Crippen molar-refractivity contribution in [1.82, 2.24) is 0 Å². The normalized spacial score (nSPS) is 21.3. The molecule has 0 unspecified atom stereocenters. The van der Waals surface area contributed by atoms with Gasteiger partial charge < -0.3 is 4.90 Å². The smallest absolute Gasteiger partial charge is 0.101 e. The molecule has 1 aliphatic carbocycles. The van der Waals surface area contributed by atoms with Crippen LogP contribution in [0.2, 0.25) is 5.02 Å². The number of nitriles is 1. The zero-order chi connectivity index (χ0) is 11.9. The molecule has 0 amide bonds. The fourth-order valence-electron chi connectivity index (χ4n) is 2.80. The Kier molecular flexibility index (Phi) is 2.52. The molecular formula is C14H15ClN2. The number of anilines is 1. The fraction of sp³-hybridized carbons (Fsp3) is 0.500. The van der Waals surface area contributed by atoms with E-state index in [1.54, 1.807) is 0 Å². The first-order valence-electron chi connectivity index (χ1n) is 6.17. The van der Waals surface area contributed by atoms with Crippen LogP contribution in [0.4, 0.5) is 5.69 Å². The number of hydrogen-bond donors (Lipinski definition) is 0. The zero-order valence-corrected chi connectivity index (χ0v) is 10.5. The van der Waals surface area contributed by atoms with E-state index in [-0.39, 0.29) is 0 Å². The number of rotatable bonds is 1. The van der Waals surface area contributed by atoms with Gasteiger partial charge in [-0.3, -0.25) is 0 Å². The standard InChI is InChI=1S/C14H15ClN2/c15-13-8-12(3-2-11(13)9-16)17-7-1-4-14(10-17)5-6-14/h2-3,8H,1,4-7,10H2. The van der Waals surface area contributed by atoms with E-state index in [9.17, 15) is 0 Å². The SMILES string of the molecule is N#Cc1ccc(N2CCCC3(CC3)C2)cc1Cl. The van der Waals surface area contributed by atoms with E-state index in [1.807, 2.05) is 18.2 Å². The van der Waals surface area contributed by atoms with Crippen LogP contribution in [0.15, 0.2) is 18.2 Å². The Labute approximate surface area is 107 Å². The van der Waals surface area contributed by atoms with Gasteiger partial charge in [-0.05, 0) is 49.3 Å². The van der Waals surface area contributed by atoms with Crippen molar-refractivity contribution in [1.29, 1.82) is 5.26 Å². The van der Waals surface area contributed by atoms with E-state index >= 15 is 0 Å². The Morgan fingerprint density at radius 2 is 2.12 bits per heavy atom. The van der Waals surface area contributed by atoms with Crippen LogP contribution in [0.25, 0.3) is 0 Å². The lowest BCUT2D eigenvalue weighted by atomic mass is 9.94. The monoisotopic (exact) mass is 246 g/mol. The molecule has 2 nitrogen and oxygen atoms in total. The van der Waals surface area contributed by atoms with Crippen LogP contribution in [0.5, 0.6) is 0 Å². The lowest BCUT2D eigenvalue weighted by Gasteiger charge is -2.34. The van der Waals surface area contributed by atoms with Crippen molar-refractivity contribution in [2.45, 2.75) is 25.7 Å². The van der Waals surface area contributed by atoms with Gasteiger partial charge in [0.05, 0.1) is 10.6 Å². The van der Waals surface area contributed by atoms with Gasteiger partial charge in [0.25, 0.3) is 0 Å². The zero-order valence-electron chi connectivity index (χ0n) is 9.75. The topological polar surface area (TPSA) is 27.0 Å². The van der Waals surface area contributed by atoms with Gasteiger partial charge in [-0.15, -0.1) is 0 Å². The van der Waals surface area contributed by atoms with Crippen LogP contribution in [0, 0.1) is 16.7 Å². The first kappa shape index (κ1) is 10.9. The molecular weight excluding hydrogens is 232 g/mol. The molecule has 1 spiro atoms. The Balaban J connectivity index is 1.84. The van der Waals surface area contributed by atoms with Gasteiger partial charge in [-0.1, -0.05) is 11.6 Å². The van der Waals surface area contributed by atoms with Crippen LogP contribution in [-0.2, 0) is 0 Å². The Bertz CT molecular complexity index is 485. The molecule has 3 heteroatoms. The van der Waals surface area contributed by atoms with Gasteiger partial charge >= 0.3 is 0 Å². The predicted octanol–water partition coefficient (Wildman–Crippen LogP) is 3.59. The van der Waals surface area contributed by atoms with E-state index in [0.29, 0.717) is 16.0 Å². The number of nitrogens with zero attached hydrogens (tertiary/aromatic N) is 2. The minimum absolute atomic E-state index is 0.563. The molecule has 2 fully saturated rings. The van der Waals surface area contributed by atoms with Crippen LogP contribution < -0.4 is 4.90 Å². The summed E-state index contributed by atoms with van der Waals surface area (Å²) in [6, 6.07) is 7.88. The molecule has 2 aliphatic rings. The number of halogens is 1. The van der Waals surface area contributed by atoms with E-state index in [0.717, 1.165) is 13.1 Å². The minimum atomic E-state index is 0.563. The highest BCUT2D eigenvalue weighted by Gasteiger charge is 2.45. The van der Waals surface area contributed by atoms with Crippen LogP contribution in [0.3, 0.4) is 0 Å². The molecule has 0 N–H and O–H groups in total. The van der Waals surface area contributed by atoms with Crippen molar-refractivity contribution in [3.8, 4) is 6.07 Å². The lowest BCUT2D eigenvalue weighted by molar-refractivity contribution is 0.395. The maximum atomic E-state index is 8.86. The van der Waals surface area contributed by atoms with Crippen molar-refractivity contribution in [3.63, 3.8) is 0 Å². The second kappa shape index (κ2) is 3.92. The third-order valence-electron chi connectivity index (χ3n) is 4.06. The van der Waals surface area contributed by atoms with Crippen molar-refractivity contribution < 1.29 is 0 Å². The van der Waals surface area contributed by atoms with Crippen molar-refractivity contribution in [3.05, 3.63) is 28.8 Å². The molecule has 1 saturated carbocycles. The fourth-order valence-corrected chi connectivity index (χ4v) is 3.02. The Morgan fingerprint density at radius 1 is 1.29 bits per heavy atom. The van der Waals surface area contributed by atoms with Gasteiger partial charge in [0, 0.05) is 18.8 Å². The number of hydrogen-bond acceptors (Lipinski definition) is 2. The van der Waals surface area contributed by atoms with Gasteiger partial charge in [-0.2, -0.15) is 5.26 Å². The Morgan fingerprint density at radius 3 is 2.76 bits per heavy atom. The summed E-state index contributed by atoms with van der Waals surface area (Å²) in [7, 11) is 0. The molecule has 17 heavy (non-hydrogen) atoms.